The van der Waals surface area contributed by atoms with Crippen molar-refractivity contribution in [2.45, 2.75) is 87.1 Å². The molecule has 246 valence electrons. The number of rotatable bonds is 6. The number of allylic oxidation sites excluding steroid dienone is 3. The van der Waals surface area contributed by atoms with E-state index in [-0.39, 0.29) is 12.0 Å². The Morgan fingerprint density at radius 3 is 2.00 bits per heavy atom. The van der Waals surface area contributed by atoms with Crippen molar-refractivity contribution >= 4 is 35.6 Å². The lowest BCUT2D eigenvalue weighted by Gasteiger charge is -2.19. The Morgan fingerprint density at radius 2 is 1.40 bits per heavy atom. The van der Waals surface area contributed by atoms with Crippen LogP contribution in [-0.4, -0.2) is 42.3 Å². The summed E-state index contributed by atoms with van der Waals surface area (Å²) in [6.07, 6.45) is 9.77. The number of aromatic nitrogens is 2. The number of hydrogen-bond acceptors (Lipinski definition) is 6. The van der Waals surface area contributed by atoms with E-state index < -0.39 is 0 Å². The van der Waals surface area contributed by atoms with Gasteiger partial charge in [0.05, 0.1) is 72.6 Å². The number of aromatic amines is 2. The highest BCUT2D eigenvalue weighted by Crippen LogP contribution is 2.43. The lowest BCUT2D eigenvalue weighted by atomic mass is 9.91. The fourth-order valence-electron chi connectivity index (χ4n) is 7.70. The van der Waals surface area contributed by atoms with Crippen LogP contribution in [0.3, 0.4) is 0 Å². The number of benzene rings is 1. The third-order valence-electron chi connectivity index (χ3n) is 10.3. The maximum Gasteiger partial charge on any atom is 0.163 e. The fraction of sp³-hybridized carbons (Fsp3) is 0.410. The molecule has 3 aliphatic heterocycles. The highest BCUT2D eigenvalue weighted by atomic mass is 16.5. The molecule has 8 nitrogen and oxygen atoms in total. The number of nitrogens with zero attached hydrogens (tertiary/aromatic N) is 3. The van der Waals surface area contributed by atoms with Gasteiger partial charge in [-0.1, -0.05) is 34.6 Å². The van der Waals surface area contributed by atoms with Gasteiger partial charge in [0.2, 0.25) is 0 Å². The van der Waals surface area contributed by atoms with Crippen molar-refractivity contribution in [3.05, 3.63) is 85.3 Å². The van der Waals surface area contributed by atoms with Crippen LogP contribution in [0.1, 0.15) is 105 Å². The van der Waals surface area contributed by atoms with Crippen LogP contribution in [0.5, 0.6) is 11.5 Å². The molecular formula is C39H48N6O2. The molecule has 1 aromatic carbocycles. The van der Waals surface area contributed by atoms with E-state index in [1.165, 1.54) is 44.7 Å². The Kier molecular flexibility index (Phi) is 8.88. The predicted octanol–water partition coefficient (Wildman–Crippen LogP) is 9.08. The second kappa shape index (κ2) is 12.9. The minimum Gasteiger partial charge on any atom is -0.493 e. The molecule has 3 N–H and O–H groups in total. The molecule has 8 heteroatoms. The summed E-state index contributed by atoms with van der Waals surface area (Å²) in [7, 11) is 3.28. The van der Waals surface area contributed by atoms with Gasteiger partial charge >= 0.3 is 0 Å². The molecule has 0 amide bonds. The van der Waals surface area contributed by atoms with Crippen LogP contribution in [0.15, 0.2) is 55.2 Å². The predicted molar refractivity (Wildman–Crippen MR) is 195 cm³/mol. The van der Waals surface area contributed by atoms with Gasteiger partial charge in [0.1, 0.15) is 0 Å². The van der Waals surface area contributed by atoms with Crippen molar-refractivity contribution in [1.82, 2.24) is 15.3 Å². The third kappa shape index (κ3) is 5.37. The van der Waals surface area contributed by atoms with E-state index in [2.05, 4.69) is 76.8 Å². The average Bonchev–Trinajstić information content (AvgIpc) is 3.77. The lowest BCUT2D eigenvalue weighted by Crippen LogP contribution is -2.20. The summed E-state index contributed by atoms with van der Waals surface area (Å²) in [6, 6.07) is 3.89. The van der Waals surface area contributed by atoms with Gasteiger partial charge in [0.15, 0.2) is 11.5 Å². The van der Waals surface area contributed by atoms with Gasteiger partial charge in [-0.2, -0.15) is 0 Å². The first-order chi connectivity index (χ1) is 22.7. The standard InChI is InChI=1S/C39H48N6O2/c1-11-24-20(5)36-38-22(7)26(13-3)32(44-38)18-40-30-16-34(46-9)35(47-10)17-31(30)41-19-33-27(14-4)23(8)39(45-33)37-21(6)25(12-2)29(43-37)15-28(24)42-36/h15-19,22,38,42,44-45H,11-14H2,1-10H3/b29-15-,40-18?,41-19?. The van der Waals surface area contributed by atoms with Crippen molar-refractivity contribution in [3.8, 4) is 11.5 Å². The van der Waals surface area contributed by atoms with Gasteiger partial charge in [-0.25, -0.2) is 4.99 Å². The maximum absolute atomic E-state index is 5.67. The van der Waals surface area contributed by atoms with E-state index in [0.717, 1.165) is 59.9 Å². The molecule has 2 unspecified atom stereocenters. The minimum absolute atomic E-state index is 0.103. The minimum atomic E-state index is 0.103. The molecule has 8 bridgehead atoms. The molecule has 0 saturated heterocycles. The number of fused-ring (bicyclic) bond motifs is 10. The quantitative estimate of drug-likeness (QED) is 0.253. The molecule has 2 aromatic heterocycles. The molecule has 2 atom stereocenters. The highest BCUT2D eigenvalue weighted by Gasteiger charge is 2.34. The molecule has 3 aromatic rings. The monoisotopic (exact) mass is 632 g/mol. The molecule has 0 aliphatic carbocycles. The Morgan fingerprint density at radius 1 is 0.766 bits per heavy atom. The van der Waals surface area contributed by atoms with Gasteiger partial charge in [-0.05, 0) is 91.5 Å². The summed E-state index contributed by atoms with van der Waals surface area (Å²) < 4.78 is 11.3. The first kappa shape index (κ1) is 32.4. The number of hydrogen-bond donors (Lipinski definition) is 3. The summed E-state index contributed by atoms with van der Waals surface area (Å²) >= 11 is 0. The Bertz CT molecular complexity index is 1930. The number of ether oxygens (including phenoxy) is 2. The van der Waals surface area contributed by atoms with Gasteiger partial charge in [-0.15, -0.1) is 0 Å². The zero-order chi connectivity index (χ0) is 33.6. The molecule has 0 saturated carbocycles. The first-order valence-corrected chi connectivity index (χ1v) is 17.0. The molecule has 0 spiro atoms. The third-order valence-corrected chi connectivity index (χ3v) is 10.3. The number of aliphatic imine (C=N–C) groups is 3. The van der Waals surface area contributed by atoms with Crippen LogP contribution >= 0.6 is 0 Å². The van der Waals surface area contributed by atoms with E-state index in [9.17, 15) is 0 Å². The molecule has 3 aliphatic rings. The van der Waals surface area contributed by atoms with Crippen LogP contribution in [0.25, 0.3) is 6.08 Å². The second-order valence-corrected chi connectivity index (χ2v) is 12.6. The number of nitrogens with one attached hydrogen (secondary N) is 3. The molecule has 0 radical (unpaired) electrons. The largest absolute Gasteiger partial charge is 0.493 e. The second-order valence-electron chi connectivity index (χ2n) is 12.6. The zero-order valence-electron chi connectivity index (χ0n) is 29.5. The van der Waals surface area contributed by atoms with Gasteiger partial charge in [0, 0.05) is 29.4 Å². The van der Waals surface area contributed by atoms with Crippen molar-refractivity contribution in [3.63, 3.8) is 0 Å². The smallest absolute Gasteiger partial charge is 0.163 e. The summed E-state index contributed by atoms with van der Waals surface area (Å²) in [6.45, 7) is 17.8. The maximum atomic E-state index is 5.67. The molecule has 0 fully saturated rings. The molecule has 6 rings (SSSR count). The fourth-order valence-corrected chi connectivity index (χ4v) is 7.70. The van der Waals surface area contributed by atoms with Crippen LogP contribution < -0.4 is 14.8 Å². The van der Waals surface area contributed by atoms with Gasteiger partial charge in [-0.3, -0.25) is 9.98 Å². The van der Waals surface area contributed by atoms with Crippen molar-refractivity contribution in [2.75, 3.05) is 14.2 Å². The average molecular weight is 633 g/mol. The summed E-state index contributed by atoms with van der Waals surface area (Å²) in [4.78, 5) is 22.9. The van der Waals surface area contributed by atoms with Gasteiger partial charge in [0.25, 0.3) is 0 Å². The zero-order valence-corrected chi connectivity index (χ0v) is 29.5. The van der Waals surface area contributed by atoms with Crippen molar-refractivity contribution in [2.24, 2.45) is 20.9 Å². The number of methoxy groups -OCH3 is 2. The Labute approximate surface area is 278 Å². The van der Waals surface area contributed by atoms with Crippen molar-refractivity contribution < 1.29 is 9.47 Å². The van der Waals surface area contributed by atoms with E-state index in [1.54, 1.807) is 14.2 Å². The highest BCUT2D eigenvalue weighted by molar-refractivity contribution is 6.16. The van der Waals surface area contributed by atoms with Gasteiger partial charge < -0.3 is 24.8 Å². The summed E-state index contributed by atoms with van der Waals surface area (Å²) in [5.41, 5.74) is 17.8. The summed E-state index contributed by atoms with van der Waals surface area (Å²) in [5.74, 6) is 1.50. The van der Waals surface area contributed by atoms with Crippen molar-refractivity contribution in [1.29, 1.82) is 0 Å². The first-order valence-electron chi connectivity index (χ1n) is 17.0. The van der Waals surface area contributed by atoms with E-state index in [4.69, 9.17) is 24.5 Å². The van der Waals surface area contributed by atoms with Crippen LogP contribution in [-0.2, 0) is 12.8 Å². The molecule has 5 heterocycles. The Balaban J connectivity index is 1.63. The number of H-pyrrole nitrogens is 2. The van der Waals surface area contributed by atoms with E-state index in [1.807, 2.05) is 24.6 Å². The SMILES string of the molecule is CCC1=C(C)C2=N/C1=C\c1[nH]c(c(C)c1CC)C1NC(=C(CC)C1C)C=Nc1cc(OC)c(OC)cc1N=Cc1[nH]c2c(C)c1CC. The van der Waals surface area contributed by atoms with E-state index >= 15 is 0 Å². The van der Waals surface area contributed by atoms with Crippen LogP contribution in [0, 0.1) is 19.8 Å². The van der Waals surface area contributed by atoms with Crippen LogP contribution in [0.2, 0.25) is 0 Å². The lowest BCUT2D eigenvalue weighted by molar-refractivity contribution is 0.355. The topological polar surface area (TPSA) is 99.2 Å². The molecular weight excluding hydrogens is 584 g/mol. The Hall–Kier alpha value is -4.59. The normalized spacial score (nSPS) is 20.0. The summed E-state index contributed by atoms with van der Waals surface area (Å²) in [5, 5.41) is 3.85. The molecule has 47 heavy (non-hydrogen) atoms. The van der Waals surface area contributed by atoms with E-state index in [0.29, 0.717) is 22.9 Å². The van der Waals surface area contributed by atoms with Crippen LogP contribution in [0.4, 0.5) is 11.4 Å².